The number of likely N-dealkylation sites (tertiary alicyclic amines) is 1. The SMILES string of the molecule is O=C(CCC(=O)N1CCC[C@H]1C(=O)O)c1ccc(F)c(F)c1. The van der Waals surface area contributed by atoms with Gasteiger partial charge in [0.2, 0.25) is 5.91 Å². The van der Waals surface area contributed by atoms with E-state index in [4.69, 9.17) is 5.11 Å². The van der Waals surface area contributed by atoms with Gasteiger partial charge in [-0.2, -0.15) is 0 Å². The summed E-state index contributed by atoms with van der Waals surface area (Å²) < 4.78 is 25.9. The van der Waals surface area contributed by atoms with E-state index in [1.54, 1.807) is 0 Å². The maximum atomic E-state index is 13.1. The third kappa shape index (κ3) is 3.47. The minimum absolute atomic E-state index is 0.0112. The first-order valence-electron chi connectivity index (χ1n) is 6.90. The van der Waals surface area contributed by atoms with Gasteiger partial charge in [0.1, 0.15) is 6.04 Å². The molecule has 0 spiro atoms. The molecule has 0 unspecified atom stereocenters. The summed E-state index contributed by atoms with van der Waals surface area (Å²) in [5.74, 6) is -4.13. The van der Waals surface area contributed by atoms with Crippen LogP contribution in [0.5, 0.6) is 0 Å². The highest BCUT2D eigenvalue weighted by Crippen LogP contribution is 2.19. The van der Waals surface area contributed by atoms with E-state index in [-0.39, 0.29) is 18.4 Å². The number of carboxylic acids is 1. The number of carbonyl (C=O) groups excluding carboxylic acids is 2. The fraction of sp³-hybridized carbons (Fsp3) is 0.400. The molecular formula is C15H15F2NO4. The molecule has 1 fully saturated rings. The summed E-state index contributed by atoms with van der Waals surface area (Å²) >= 11 is 0. The lowest BCUT2D eigenvalue weighted by Gasteiger charge is -2.21. The molecule has 5 nitrogen and oxygen atoms in total. The third-order valence-corrected chi connectivity index (χ3v) is 3.67. The average Bonchev–Trinajstić information content (AvgIpc) is 2.97. The van der Waals surface area contributed by atoms with Crippen molar-refractivity contribution >= 4 is 17.7 Å². The van der Waals surface area contributed by atoms with E-state index in [0.29, 0.717) is 19.4 Å². The van der Waals surface area contributed by atoms with Crippen LogP contribution in [-0.4, -0.2) is 40.3 Å². The molecule has 1 N–H and O–H groups in total. The first-order chi connectivity index (χ1) is 10.4. The number of benzene rings is 1. The molecule has 0 aromatic heterocycles. The number of Topliss-reactive ketones (excluding diaryl/α,β-unsaturated/α-hetero) is 1. The van der Waals surface area contributed by atoms with Crippen LogP contribution in [0, 0.1) is 11.6 Å². The Hall–Kier alpha value is -2.31. The second kappa shape index (κ2) is 6.64. The van der Waals surface area contributed by atoms with Gasteiger partial charge in [-0.25, -0.2) is 13.6 Å². The van der Waals surface area contributed by atoms with E-state index < -0.39 is 35.3 Å². The van der Waals surface area contributed by atoms with Crippen molar-refractivity contribution in [2.45, 2.75) is 31.7 Å². The van der Waals surface area contributed by atoms with Gasteiger partial charge in [-0.3, -0.25) is 9.59 Å². The molecule has 22 heavy (non-hydrogen) atoms. The molecule has 7 heteroatoms. The molecule has 0 bridgehead atoms. The highest BCUT2D eigenvalue weighted by molar-refractivity contribution is 5.98. The largest absolute Gasteiger partial charge is 0.480 e. The van der Waals surface area contributed by atoms with Crippen LogP contribution in [0.2, 0.25) is 0 Å². The molecule has 1 amide bonds. The lowest BCUT2D eigenvalue weighted by atomic mass is 10.1. The molecule has 0 radical (unpaired) electrons. The summed E-state index contributed by atoms with van der Waals surface area (Å²) in [5.41, 5.74) is -0.0112. The van der Waals surface area contributed by atoms with Crippen LogP contribution in [0.15, 0.2) is 18.2 Å². The molecule has 1 atom stereocenters. The molecule has 1 saturated heterocycles. The van der Waals surface area contributed by atoms with Crippen LogP contribution in [0.3, 0.4) is 0 Å². The van der Waals surface area contributed by atoms with Crippen molar-refractivity contribution in [2.75, 3.05) is 6.54 Å². The van der Waals surface area contributed by atoms with E-state index in [9.17, 15) is 23.2 Å². The van der Waals surface area contributed by atoms with Crippen molar-refractivity contribution in [3.63, 3.8) is 0 Å². The summed E-state index contributed by atoms with van der Waals surface area (Å²) in [7, 11) is 0. The number of nitrogens with zero attached hydrogens (tertiary/aromatic N) is 1. The second-order valence-corrected chi connectivity index (χ2v) is 5.14. The zero-order chi connectivity index (χ0) is 16.3. The number of ketones is 1. The quantitative estimate of drug-likeness (QED) is 0.844. The van der Waals surface area contributed by atoms with Gasteiger partial charge in [0.25, 0.3) is 0 Å². The number of carboxylic acid groups (broad SMARTS) is 1. The lowest BCUT2D eigenvalue weighted by Crippen LogP contribution is -2.40. The van der Waals surface area contributed by atoms with E-state index in [1.165, 1.54) is 4.90 Å². The fourth-order valence-electron chi connectivity index (χ4n) is 2.50. The summed E-state index contributed by atoms with van der Waals surface area (Å²) in [6.07, 6.45) is 0.687. The Morgan fingerprint density at radius 3 is 2.55 bits per heavy atom. The van der Waals surface area contributed by atoms with Gasteiger partial charge in [0.15, 0.2) is 17.4 Å². The number of amides is 1. The van der Waals surface area contributed by atoms with Crippen molar-refractivity contribution in [3.05, 3.63) is 35.4 Å². The molecule has 1 heterocycles. The van der Waals surface area contributed by atoms with Crippen molar-refractivity contribution in [3.8, 4) is 0 Å². The first-order valence-corrected chi connectivity index (χ1v) is 6.90. The van der Waals surface area contributed by atoms with Gasteiger partial charge in [0.05, 0.1) is 0 Å². The molecule has 1 aromatic carbocycles. The molecule has 1 aliphatic heterocycles. The number of hydrogen-bond donors (Lipinski definition) is 1. The van der Waals surface area contributed by atoms with Crippen LogP contribution in [0.25, 0.3) is 0 Å². The molecule has 1 aromatic rings. The minimum Gasteiger partial charge on any atom is -0.480 e. The number of aliphatic carboxylic acids is 1. The predicted molar refractivity (Wildman–Crippen MR) is 72.3 cm³/mol. The molecule has 118 valence electrons. The maximum Gasteiger partial charge on any atom is 0.326 e. The van der Waals surface area contributed by atoms with Gasteiger partial charge in [-0.1, -0.05) is 0 Å². The molecular weight excluding hydrogens is 296 g/mol. The zero-order valence-electron chi connectivity index (χ0n) is 11.7. The van der Waals surface area contributed by atoms with Crippen LogP contribution in [0.4, 0.5) is 8.78 Å². The number of hydrogen-bond acceptors (Lipinski definition) is 3. The second-order valence-electron chi connectivity index (χ2n) is 5.14. The van der Waals surface area contributed by atoms with Gasteiger partial charge in [-0.15, -0.1) is 0 Å². The smallest absolute Gasteiger partial charge is 0.326 e. The lowest BCUT2D eigenvalue weighted by molar-refractivity contribution is -0.148. The Morgan fingerprint density at radius 1 is 1.18 bits per heavy atom. The van der Waals surface area contributed by atoms with Gasteiger partial charge < -0.3 is 10.0 Å². The Morgan fingerprint density at radius 2 is 1.91 bits per heavy atom. The standard InChI is InChI=1S/C15H15F2NO4/c16-10-4-3-9(8-11(10)17)13(19)5-6-14(20)18-7-1-2-12(18)15(21)22/h3-4,8,12H,1-2,5-7H2,(H,21,22)/t12-/m0/s1. The monoisotopic (exact) mass is 311 g/mol. The molecule has 0 aliphatic carbocycles. The number of rotatable bonds is 5. The van der Waals surface area contributed by atoms with Crippen molar-refractivity contribution in [2.24, 2.45) is 0 Å². The topological polar surface area (TPSA) is 74.7 Å². The van der Waals surface area contributed by atoms with Crippen molar-refractivity contribution < 1.29 is 28.3 Å². The molecule has 1 aliphatic rings. The van der Waals surface area contributed by atoms with E-state index in [1.807, 2.05) is 0 Å². The molecule has 2 rings (SSSR count). The summed E-state index contributed by atoms with van der Waals surface area (Å²) in [4.78, 5) is 36.1. The van der Waals surface area contributed by atoms with E-state index in [0.717, 1.165) is 18.2 Å². The van der Waals surface area contributed by atoms with Crippen LogP contribution in [0.1, 0.15) is 36.0 Å². The highest BCUT2D eigenvalue weighted by atomic mass is 19.2. The fourth-order valence-corrected chi connectivity index (χ4v) is 2.50. The first kappa shape index (κ1) is 16.1. The maximum absolute atomic E-state index is 13.1. The van der Waals surface area contributed by atoms with Crippen LogP contribution < -0.4 is 0 Å². The predicted octanol–water partition coefficient (Wildman–Crippen LogP) is 2.00. The average molecular weight is 311 g/mol. The Balaban J connectivity index is 1.94. The van der Waals surface area contributed by atoms with E-state index >= 15 is 0 Å². The van der Waals surface area contributed by atoms with Gasteiger partial charge in [-0.05, 0) is 31.0 Å². The van der Waals surface area contributed by atoms with Crippen molar-refractivity contribution in [1.29, 1.82) is 0 Å². The van der Waals surface area contributed by atoms with Crippen molar-refractivity contribution in [1.82, 2.24) is 4.90 Å². The van der Waals surface area contributed by atoms with Crippen LogP contribution in [-0.2, 0) is 9.59 Å². The minimum atomic E-state index is -1.12. The molecule has 0 saturated carbocycles. The zero-order valence-corrected chi connectivity index (χ0v) is 11.7. The van der Waals surface area contributed by atoms with Gasteiger partial charge >= 0.3 is 5.97 Å². The summed E-state index contributed by atoms with van der Waals surface area (Å²) in [6, 6.07) is 1.95. The highest BCUT2D eigenvalue weighted by Gasteiger charge is 2.33. The Kier molecular flexibility index (Phi) is 4.85. The number of carbonyl (C=O) groups is 3. The Bertz CT molecular complexity index is 618. The summed E-state index contributed by atoms with van der Waals surface area (Å²) in [6.45, 7) is 0.356. The third-order valence-electron chi connectivity index (χ3n) is 3.67. The summed E-state index contributed by atoms with van der Waals surface area (Å²) in [5, 5.41) is 9.01. The number of halogens is 2. The van der Waals surface area contributed by atoms with Gasteiger partial charge in [0, 0.05) is 24.9 Å². The Labute approximate surface area is 125 Å². The van der Waals surface area contributed by atoms with E-state index in [2.05, 4.69) is 0 Å². The van der Waals surface area contributed by atoms with Crippen LogP contribution >= 0.6 is 0 Å². The normalized spacial score (nSPS) is 17.5.